The summed E-state index contributed by atoms with van der Waals surface area (Å²) in [6.07, 6.45) is 9.03. The third-order valence-corrected chi connectivity index (χ3v) is 7.44. The normalized spacial score (nSPS) is 26.2. The Labute approximate surface area is 191 Å². The quantitative estimate of drug-likeness (QED) is 0.657. The fourth-order valence-electron chi connectivity index (χ4n) is 6.01. The molecule has 0 saturated carbocycles. The lowest BCUT2D eigenvalue weighted by Crippen LogP contribution is -2.57. The molecule has 0 spiro atoms. The number of rotatable bonds is 6. The van der Waals surface area contributed by atoms with Crippen LogP contribution in [0.2, 0.25) is 0 Å². The highest BCUT2D eigenvalue weighted by molar-refractivity contribution is 5.96. The van der Waals surface area contributed by atoms with Crippen LogP contribution in [-0.4, -0.2) is 75.1 Å². The number of likely N-dealkylation sites (tertiary alicyclic amines) is 1. The van der Waals surface area contributed by atoms with E-state index in [0.29, 0.717) is 24.1 Å². The van der Waals surface area contributed by atoms with Gasteiger partial charge in [0.15, 0.2) is 5.78 Å². The fourth-order valence-corrected chi connectivity index (χ4v) is 6.01. The van der Waals surface area contributed by atoms with Gasteiger partial charge in [-0.3, -0.25) is 4.79 Å². The molecule has 1 N–H and O–H groups in total. The number of aromatic nitrogens is 1. The molecule has 0 radical (unpaired) electrons. The topological polar surface area (TPSA) is 77.0 Å². The number of anilines is 1. The summed E-state index contributed by atoms with van der Waals surface area (Å²) in [4.78, 5) is 35.7. The monoisotopic (exact) mass is 442 g/mol. The number of carbonyl (C=O) groups is 2. The average Bonchev–Trinajstić information content (AvgIpc) is 3.01. The molecule has 176 valence electrons. The van der Waals surface area contributed by atoms with Crippen LogP contribution in [0.25, 0.3) is 0 Å². The van der Waals surface area contributed by atoms with Crippen LogP contribution in [-0.2, 0) is 0 Å². The van der Waals surface area contributed by atoms with Crippen LogP contribution in [0.5, 0.6) is 0 Å². The van der Waals surface area contributed by atoms with Crippen molar-refractivity contribution in [1.29, 1.82) is 0 Å². The largest absolute Gasteiger partial charge is 0.465 e. The van der Waals surface area contributed by atoms with Crippen molar-refractivity contribution >= 4 is 17.7 Å². The molecule has 4 rings (SSSR count). The fraction of sp³-hybridized carbons (Fsp3) is 0.720. The van der Waals surface area contributed by atoms with Crippen LogP contribution in [0.15, 0.2) is 18.3 Å². The summed E-state index contributed by atoms with van der Waals surface area (Å²) in [5.74, 6) is 1.08. The van der Waals surface area contributed by atoms with Crippen LogP contribution < -0.4 is 4.90 Å². The van der Waals surface area contributed by atoms with Crippen LogP contribution in [0.3, 0.4) is 0 Å². The number of amides is 1. The van der Waals surface area contributed by atoms with Crippen LogP contribution in [0, 0.1) is 0 Å². The number of hydrogen-bond acceptors (Lipinski definition) is 5. The Morgan fingerprint density at radius 2 is 1.75 bits per heavy atom. The van der Waals surface area contributed by atoms with Gasteiger partial charge in [-0.1, -0.05) is 6.42 Å². The van der Waals surface area contributed by atoms with Crippen LogP contribution in [0.1, 0.15) is 82.5 Å². The molecule has 0 aliphatic carbocycles. The number of nitrogens with zero attached hydrogens (tertiary/aromatic N) is 4. The van der Waals surface area contributed by atoms with E-state index in [0.717, 1.165) is 51.1 Å². The maximum Gasteiger partial charge on any atom is 0.407 e. The SMILES string of the molecule is CC(C)(C)N(C(=O)O)[C@H]1C[C@H]2CC[C@@H](C1)N2c1ccc(C(=O)CCN2CCCCC2)cn1. The van der Waals surface area contributed by atoms with Crippen LogP contribution >= 0.6 is 0 Å². The highest BCUT2D eigenvalue weighted by Crippen LogP contribution is 2.41. The van der Waals surface area contributed by atoms with Gasteiger partial charge in [-0.2, -0.15) is 0 Å². The summed E-state index contributed by atoms with van der Waals surface area (Å²) >= 11 is 0. The highest BCUT2D eigenvalue weighted by atomic mass is 16.4. The molecular weight excluding hydrogens is 404 g/mol. The van der Waals surface area contributed by atoms with Crippen molar-refractivity contribution in [3.63, 3.8) is 0 Å². The number of pyridine rings is 1. The van der Waals surface area contributed by atoms with Gasteiger partial charge in [-0.25, -0.2) is 9.78 Å². The lowest BCUT2D eigenvalue weighted by Gasteiger charge is -2.47. The molecule has 3 atom stereocenters. The molecule has 4 heterocycles. The molecule has 1 amide bonds. The first kappa shape index (κ1) is 23.0. The zero-order valence-electron chi connectivity index (χ0n) is 19.8. The van der Waals surface area contributed by atoms with E-state index in [-0.39, 0.29) is 11.8 Å². The third-order valence-electron chi connectivity index (χ3n) is 7.44. The number of fused-ring (bicyclic) bond motifs is 2. The van der Waals surface area contributed by atoms with Gasteiger partial charge in [-0.15, -0.1) is 0 Å². The third kappa shape index (κ3) is 4.92. The molecule has 0 aromatic carbocycles. The minimum atomic E-state index is -0.833. The Morgan fingerprint density at radius 3 is 2.28 bits per heavy atom. The molecule has 3 saturated heterocycles. The van der Waals surface area contributed by atoms with E-state index in [4.69, 9.17) is 0 Å². The Kier molecular flexibility index (Phi) is 6.75. The molecule has 1 aromatic rings. The van der Waals surface area contributed by atoms with Crippen molar-refractivity contribution in [2.45, 2.75) is 95.8 Å². The minimum Gasteiger partial charge on any atom is -0.465 e. The molecule has 3 aliphatic rings. The van der Waals surface area contributed by atoms with Crippen molar-refractivity contribution < 1.29 is 14.7 Å². The smallest absolute Gasteiger partial charge is 0.407 e. The number of carboxylic acid groups (broad SMARTS) is 1. The zero-order chi connectivity index (χ0) is 22.9. The first-order valence-electron chi connectivity index (χ1n) is 12.3. The molecule has 7 heteroatoms. The number of carbonyl (C=O) groups excluding carboxylic acids is 1. The summed E-state index contributed by atoms with van der Waals surface area (Å²) in [7, 11) is 0. The molecule has 3 aliphatic heterocycles. The van der Waals surface area contributed by atoms with Gasteiger partial charge in [0.25, 0.3) is 0 Å². The second-order valence-electron chi connectivity index (χ2n) is 10.7. The summed E-state index contributed by atoms with van der Waals surface area (Å²) in [5.41, 5.74) is 0.282. The molecule has 3 fully saturated rings. The van der Waals surface area contributed by atoms with Gasteiger partial charge in [0, 0.05) is 48.4 Å². The Bertz CT molecular complexity index is 799. The van der Waals surface area contributed by atoms with E-state index in [1.165, 1.54) is 19.3 Å². The number of Topliss-reactive ketones (excluding diaryl/α,β-unsaturated/α-hetero) is 1. The van der Waals surface area contributed by atoms with E-state index in [1.807, 2.05) is 32.9 Å². The van der Waals surface area contributed by atoms with Gasteiger partial charge in [0.1, 0.15) is 5.82 Å². The van der Waals surface area contributed by atoms with Crippen LogP contribution in [0.4, 0.5) is 10.6 Å². The van der Waals surface area contributed by atoms with E-state index in [9.17, 15) is 14.7 Å². The van der Waals surface area contributed by atoms with E-state index >= 15 is 0 Å². The number of hydrogen-bond donors (Lipinski definition) is 1. The van der Waals surface area contributed by atoms with Crippen molar-refractivity contribution in [2.75, 3.05) is 24.5 Å². The van der Waals surface area contributed by atoms with Gasteiger partial charge < -0.3 is 19.8 Å². The van der Waals surface area contributed by atoms with Crippen molar-refractivity contribution in [2.24, 2.45) is 0 Å². The molecule has 7 nitrogen and oxygen atoms in total. The molecule has 1 aromatic heterocycles. The predicted octanol–water partition coefficient (Wildman–Crippen LogP) is 4.42. The maximum atomic E-state index is 12.7. The molecular formula is C25H38N4O3. The summed E-state index contributed by atoms with van der Waals surface area (Å²) in [5, 5.41) is 9.81. The maximum absolute atomic E-state index is 12.7. The van der Waals surface area contributed by atoms with Gasteiger partial charge in [0.05, 0.1) is 0 Å². The molecule has 32 heavy (non-hydrogen) atoms. The Morgan fingerprint density at radius 1 is 1.09 bits per heavy atom. The minimum absolute atomic E-state index is 0.0388. The summed E-state index contributed by atoms with van der Waals surface area (Å²) in [6, 6.07) is 4.55. The summed E-state index contributed by atoms with van der Waals surface area (Å²) < 4.78 is 0. The zero-order valence-corrected chi connectivity index (χ0v) is 19.8. The first-order valence-corrected chi connectivity index (χ1v) is 12.3. The lowest BCUT2D eigenvalue weighted by atomic mass is 9.92. The van der Waals surface area contributed by atoms with Gasteiger partial charge in [-0.05, 0) is 84.5 Å². The molecule has 2 bridgehead atoms. The predicted molar refractivity (Wildman–Crippen MR) is 125 cm³/mol. The molecule has 0 unspecified atom stereocenters. The Balaban J connectivity index is 1.38. The second-order valence-corrected chi connectivity index (χ2v) is 10.7. The Hall–Kier alpha value is -2.15. The van der Waals surface area contributed by atoms with Crippen molar-refractivity contribution in [1.82, 2.24) is 14.8 Å². The van der Waals surface area contributed by atoms with E-state index in [1.54, 1.807) is 11.1 Å². The lowest BCUT2D eigenvalue weighted by molar-refractivity contribution is 0.0558. The number of piperidine rings is 2. The average molecular weight is 443 g/mol. The van der Waals surface area contributed by atoms with Crippen molar-refractivity contribution in [3.05, 3.63) is 23.9 Å². The van der Waals surface area contributed by atoms with E-state index in [2.05, 4.69) is 14.8 Å². The highest BCUT2D eigenvalue weighted by Gasteiger charge is 2.46. The van der Waals surface area contributed by atoms with Gasteiger partial charge in [0.2, 0.25) is 0 Å². The number of ketones is 1. The van der Waals surface area contributed by atoms with Crippen molar-refractivity contribution in [3.8, 4) is 0 Å². The first-order chi connectivity index (χ1) is 15.2. The standard InChI is InChI=1S/C25H38N4O3/c1-25(2,3)29(24(31)32)21-15-19-8-9-20(16-21)28(19)23-10-7-18(17-26-23)22(30)11-14-27-12-5-4-6-13-27/h7,10,17,19-21H,4-6,8-9,11-16H2,1-3H3,(H,31,32)/t19-,20+,21+. The summed E-state index contributed by atoms with van der Waals surface area (Å²) in [6.45, 7) is 8.97. The second kappa shape index (κ2) is 9.38. The van der Waals surface area contributed by atoms with Gasteiger partial charge >= 0.3 is 6.09 Å². The van der Waals surface area contributed by atoms with E-state index < -0.39 is 11.6 Å².